The zero-order valence-corrected chi connectivity index (χ0v) is 21.5. The Morgan fingerprint density at radius 2 is 1.92 bits per heavy atom. The van der Waals surface area contributed by atoms with Gasteiger partial charge in [-0.25, -0.2) is 15.0 Å². The maximum atomic E-state index is 12.8. The van der Waals surface area contributed by atoms with Crippen molar-refractivity contribution < 1.29 is 14.1 Å². The van der Waals surface area contributed by atoms with Crippen molar-refractivity contribution in [3.8, 4) is 0 Å². The van der Waals surface area contributed by atoms with E-state index in [0.717, 1.165) is 5.56 Å². The molecule has 0 aliphatic carbocycles. The van der Waals surface area contributed by atoms with E-state index in [0.29, 0.717) is 32.5 Å². The van der Waals surface area contributed by atoms with E-state index in [2.05, 4.69) is 40.9 Å². The van der Waals surface area contributed by atoms with Crippen molar-refractivity contribution in [3.05, 3.63) is 63.3 Å². The van der Waals surface area contributed by atoms with Crippen LogP contribution in [0.2, 0.25) is 5.15 Å². The summed E-state index contributed by atoms with van der Waals surface area (Å²) < 4.78 is 4.77. The molecule has 1 atom stereocenters. The van der Waals surface area contributed by atoms with Crippen molar-refractivity contribution in [3.63, 3.8) is 0 Å². The Morgan fingerprint density at radius 3 is 2.64 bits per heavy atom. The summed E-state index contributed by atoms with van der Waals surface area (Å²) >= 11 is 7.37. The third-order valence-corrected chi connectivity index (χ3v) is 6.61. The molecule has 1 amide bonds. The first-order valence-electron chi connectivity index (χ1n) is 10.9. The quantitative estimate of drug-likeness (QED) is 0.299. The lowest BCUT2D eigenvalue weighted by molar-refractivity contribution is 0.0969. The molecule has 0 aliphatic heterocycles. The number of halogens is 1. The molecule has 36 heavy (non-hydrogen) atoms. The van der Waals surface area contributed by atoms with Crippen LogP contribution in [0, 0.1) is 0 Å². The highest BCUT2D eigenvalue weighted by Crippen LogP contribution is 2.30. The van der Waals surface area contributed by atoms with E-state index in [1.54, 1.807) is 18.2 Å². The molecule has 0 aliphatic rings. The van der Waals surface area contributed by atoms with Gasteiger partial charge in [0.15, 0.2) is 22.6 Å². The van der Waals surface area contributed by atoms with Crippen molar-refractivity contribution in [2.45, 2.75) is 45.4 Å². The van der Waals surface area contributed by atoms with Crippen LogP contribution < -0.4 is 10.6 Å². The number of carbonyl (C=O) groups is 2. The Labute approximate surface area is 215 Å². The fourth-order valence-corrected chi connectivity index (χ4v) is 4.46. The van der Waals surface area contributed by atoms with Gasteiger partial charge >= 0.3 is 0 Å². The van der Waals surface area contributed by atoms with Gasteiger partial charge in [0.25, 0.3) is 5.91 Å². The molecule has 13 heteroatoms. The minimum Gasteiger partial charge on any atom is -0.363 e. The van der Waals surface area contributed by atoms with E-state index in [9.17, 15) is 9.59 Å². The third kappa shape index (κ3) is 6.07. The zero-order chi connectivity index (χ0) is 25.9. The van der Waals surface area contributed by atoms with Gasteiger partial charge in [0.05, 0.1) is 11.2 Å². The van der Waals surface area contributed by atoms with Crippen LogP contribution in [0.15, 0.2) is 41.5 Å². The largest absolute Gasteiger partial charge is 0.363 e. The normalized spacial score (nSPS) is 12.2. The van der Waals surface area contributed by atoms with E-state index in [-0.39, 0.29) is 35.1 Å². The maximum absolute atomic E-state index is 12.8. The molecule has 4 aromatic rings. The monoisotopic (exact) mass is 526 g/mol. The number of aromatic nitrogens is 6. The Hall–Kier alpha value is -3.77. The number of hydrogen-bond acceptors (Lipinski definition) is 11. The molecule has 0 spiro atoms. The highest BCUT2D eigenvalue weighted by molar-refractivity contribution is 7.13. The lowest BCUT2D eigenvalue weighted by atomic mass is 9.88. The Bertz CT molecular complexity index is 1380. The van der Waals surface area contributed by atoms with Gasteiger partial charge in [-0.05, 0) is 11.5 Å². The van der Waals surface area contributed by atoms with Gasteiger partial charge in [0.2, 0.25) is 0 Å². The summed E-state index contributed by atoms with van der Waals surface area (Å²) in [5.41, 5.74) is 0.770. The predicted octanol–water partition coefficient (Wildman–Crippen LogP) is 5.03. The molecule has 186 valence electrons. The molecule has 0 fully saturated rings. The van der Waals surface area contributed by atoms with Crippen LogP contribution in [0.1, 0.15) is 70.8 Å². The first-order valence-corrected chi connectivity index (χ1v) is 12.1. The molecule has 0 saturated carbocycles. The Balaban J connectivity index is 1.40. The van der Waals surface area contributed by atoms with Gasteiger partial charge in [0, 0.05) is 30.0 Å². The molecule has 0 aromatic carbocycles. The number of hydrogen-bond donors (Lipinski definition) is 2. The van der Waals surface area contributed by atoms with Crippen LogP contribution in [-0.4, -0.2) is 42.0 Å². The van der Waals surface area contributed by atoms with Crippen LogP contribution >= 0.6 is 22.9 Å². The van der Waals surface area contributed by atoms with Crippen LogP contribution in [0.4, 0.5) is 17.5 Å². The van der Waals surface area contributed by atoms with E-state index in [1.165, 1.54) is 30.1 Å². The second-order valence-electron chi connectivity index (χ2n) is 9.03. The lowest BCUT2D eigenvalue weighted by Crippen LogP contribution is -2.17. The number of thiazole rings is 1. The van der Waals surface area contributed by atoms with Crippen molar-refractivity contribution >= 4 is 52.1 Å². The Kier molecular flexibility index (Phi) is 7.36. The van der Waals surface area contributed by atoms with Gasteiger partial charge in [-0.3, -0.25) is 9.59 Å². The molecule has 0 radical (unpaired) electrons. The zero-order valence-electron chi connectivity index (χ0n) is 19.9. The molecule has 2 N–H and O–H groups in total. The lowest BCUT2D eigenvalue weighted by Gasteiger charge is -2.20. The SMILES string of the molecule is CC(CC(=O)c1cc(Nc2ccon2)ncn1)c1ncc(C(=O)Nc2cc(C(C)(C)C)c(Cl)nn2)s1. The van der Waals surface area contributed by atoms with Gasteiger partial charge < -0.3 is 15.2 Å². The molecule has 11 nitrogen and oxygen atoms in total. The molecular formula is C23H23ClN8O3S. The van der Waals surface area contributed by atoms with Crippen molar-refractivity contribution in [1.29, 1.82) is 0 Å². The van der Waals surface area contributed by atoms with Crippen LogP contribution in [0.3, 0.4) is 0 Å². The molecule has 1 unspecified atom stereocenters. The third-order valence-electron chi connectivity index (χ3n) is 5.11. The number of anilines is 3. The van der Waals surface area contributed by atoms with Crippen molar-refractivity contribution in [2.75, 3.05) is 10.6 Å². The molecule has 4 heterocycles. The van der Waals surface area contributed by atoms with E-state index < -0.39 is 0 Å². The molecular weight excluding hydrogens is 504 g/mol. The number of rotatable bonds is 8. The summed E-state index contributed by atoms with van der Waals surface area (Å²) in [4.78, 5) is 38.5. The standard InChI is InChI=1S/C23H23ClN8O3S/c1-12(7-15(33)14-9-18(27-11-26-14)28-17-5-6-35-32-17)22-25-10-16(36-22)21(34)29-19-8-13(23(2,3)4)20(24)31-30-19/h5-6,8-12H,7H2,1-4H3,(H,29,30,34)(H,26,27,28,32). The smallest absolute Gasteiger partial charge is 0.268 e. The summed E-state index contributed by atoms with van der Waals surface area (Å²) in [7, 11) is 0. The highest BCUT2D eigenvalue weighted by atomic mass is 35.5. The average Bonchev–Trinajstić information content (AvgIpc) is 3.52. The first-order chi connectivity index (χ1) is 17.1. The number of nitrogens with one attached hydrogen (secondary N) is 2. The summed E-state index contributed by atoms with van der Waals surface area (Å²) in [6.45, 7) is 7.86. The minimum atomic E-state index is -0.367. The number of ketones is 1. The molecule has 4 rings (SSSR count). The van der Waals surface area contributed by atoms with Gasteiger partial charge in [-0.1, -0.05) is 44.5 Å². The highest BCUT2D eigenvalue weighted by Gasteiger charge is 2.22. The summed E-state index contributed by atoms with van der Waals surface area (Å²) in [6.07, 6.45) is 4.37. The second kappa shape index (κ2) is 10.5. The van der Waals surface area contributed by atoms with E-state index in [4.69, 9.17) is 16.1 Å². The average molecular weight is 527 g/mol. The first kappa shape index (κ1) is 25.3. The topological polar surface area (TPSA) is 149 Å². The number of carbonyl (C=O) groups excluding carboxylic acids is 2. The predicted molar refractivity (Wildman–Crippen MR) is 135 cm³/mol. The number of amides is 1. The molecule has 4 aromatic heterocycles. The van der Waals surface area contributed by atoms with Crippen LogP contribution in [0.5, 0.6) is 0 Å². The van der Waals surface area contributed by atoms with Crippen molar-refractivity contribution in [2.24, 2.45) is 0 Å². The minimum absolute atomic E-state index is 0.159. The van der Waals surface area contributed by atoms with Gasteiger partial charge in [-0.2, -0.15) is 0 Å². The summed E-state index contributed by atoms with van der Waals surface area (Å²) in [5.74, 6) is 0.407. The van der Waals surface area contributed by atoms with Crippen LogP contribution in [0.25, 0.3) is 0 Å². The van der Waals surface area contributed by atoms with E-state index in [1.807, 2.05) is 27.7 Å². The Morgan fingerprint density at radius 1 is 1.11 bits per heavy atom. The van der Waals surface area contributed by atoms with Crippen LogP contribution in [-0.2, 0) is 5.41 Å². The van der Waals surface area contributed by atoms with Gasteiger partial charge in [-0.15, -0.1) is 21.5 Å². The van der Waals surface area contributed by atoms with Gasteiger partial charge in [0.1, 0.15) is 29.0 Å². The fourth-order valence-electron chi connectivity index (χ4n) is 3.22. The fraction of sp³-hybridized carbons (Fsp3) is 0.304. The van der Waals surface area contributed by atoms with E-state index >= 15 is 0 Å². The number of Topliss-reactive ketones (excluding diaryl/α,β-unsaturated/α-hetero) is 1. The summed E-state index contributed by atoms with van der Waals surface area (Å²) in [5, 5.41) is 18.3. The molecule has 0 saturated heterocycles. The molecule has 0 bridgehead atoms. The maximum Gasteiger partial charge on any atom is 0.268 e. The second-order valence-corrected chi connectivity index (χ2v) is 10.4. The number of nitrogens with zero attached hydrogens (tertiary/aromatic N) is 6. The summed E-state index contributed by atoms with van der Waals surface area (Å²) in [6, 6.07) is 4.89. The van der Waals surface area contributed by atoms with Crippen molar-refractivity contribution in [1.82, 2.24) is 30.3 Å².